The van der Waals surface area contributed by atoms with E-state index in [-0.39, 0.29) is 19.6 Å². The van der Waals surface area contributed by atoms with Crippen LogP contribution in [-0.2, 0) is 26.9 Å². The fourth-order valence-corrected chi connectivity index (χ4v) is 1.68. The van der Waals surface area contributed by atoms with Crippen molar-refractivity contribution in [2.45, 2.75) is 25.6 Å². The number of nitrogens with one attached hydrogen (secondary N) is 1. The molecule has 1 aromatic rings. The first-order chi connectivity index (χ1) is 10.2. The molecule has 0 spiro atoms. The van der Waals surface area contributed by atoms with E-state index in [2.05, 4.69) is 10.1 Å². The number of ether oxygens (including phenoxy) is 1. The van der Waals surface area contributed by atoms with Gasteiger partial charge in [-0.05, 0) is 24.1 Å². The molecule has 0 aromatic heterocycles. The van der Waals surface area contributed by atoms with E-state index in [9.17, 15) is 22.8 Å². The molecule has 122 valence electrons. The van der Waals surface area contributed by atoms with E-state index in [1.165, 1.54) is 19.1 Å². The molecule has 0 aliphatic heterocycles. The topological polar surface area (TPSA) is 81.4 Å². The number of hydrogen-bond donors (Lipinski definition) is 2. The fraction of sp³-hybridized carbons (Fsp3) is 0.429. The summed E-state index contributed by atoms with van der Waals surface area (Å²) in [6.45, 7) is 1.41. The number of hydrogen-bond acceptors (Lipinski definition) is 4. The second-order valence-corrected chi connectivity index (χ2v) is 4.64. The maximum Gasteiger partial charge on any atom is 0.416 e. The van der Waals surface area contributed by atoms with Crippen molar-refractivity contribution >= 4 is 11.9 Å². The first kappa shape index (κ1) is 18.0. The van der Waals surface area contributed by atoms with Crippen molar-refractivity contribution in [3.63, 3.8) is 0 Å². The lowest BCUT2D eigenvalue weighted by molar-refractivity contribution is -0.141. The third-order valence-corrected chi connectivity index (χ3v) is 2.78. The van der Waals surface area contributed by atoms with E-state index in [0.717, 1.165) is 12.1 Å². The Kier molecular flexibility index (Phi) is 6.36. The molecule has 0 heterocycles. The number of rotatable bonds is 6. The molecular weight excluding hydrogens is 301 g/mol. The maximum absolute atomic E-state index is 12.4. The van der Waals surface area contributed by atoms with Gasteiger partial charge in [-0.25, -0.2) is 0 Å². The standard InChI is InChI=1S/C14H17F3N2O3/c1-9(20)22-7-6-19-13(21)12(18)8-10-2-4-11(5-3-10)14(15,16)17/h2-5,12H,6-8,18H2,1H3,(H,19,21). The zero-order valence-electron chi connectivity index (χ0n) is 11.9. The lowest BCUT2D eigenvalue weighted by atomic mass is 10.0. The van der Waals surface area contributed by atoms with Gasteiger partial charge in [-0.3, -0.25) is 9.59 Å². The predicted molar refractivity (Wildman–Crippen MR) is 72.8 cm³/mol. The second kappa shape index (κ2) is 7.79. The van der Waals surface area contributed by atoms with E-state index in [4.69, 9.17) is 5.73 Å². The molecule has 8 heteroatoms. The summed E-state index contributed by atoms with van der Waals surface area (Å²) in [5.74, 6) is -0.921. The van der Waals surface area contributed by atoms with E-state index in [1.807, 2.05) is 0 Å². The van der Waals surface area contributed by atoms with E-state index < -0.39 is 29.7 Å². The number of benzene rings is 1. The van der Waals surface area contributed by atoms with Crippen LogP contribution >= 0.6 is 0 Å². The summed E-state index contributed by atoms with van der Waals surface area (Å²) in [7, 11) is 0. The molecular formula is C14H17F3N2O3. The number of carbonyl (C=O) groups is 2. The smallest absolute Gasteiger partial charge is 0.416 e. The molecule has 1 aromatic carbocycles. The highest BCUT2D eigenvalue weighted by Gasteiger charge is 2.30. The Morgan fingerprint density at radius 3 is 2.36 bits per heavy atom. The van der Waals surface area contributed by atoms with Crippen LogP contribution in [0.15, 0.2) is 24.3 Å². The van der Waals surface area contributed by atoms with Gasteiger partial charge in [0.1, 0.15) is 6.61 Å². The fourth-order valence-electron chi connectivity index (χ4n) is 1.68. The van der Waals surface area contributed by atoms with Crippen LogP contribution in [0, 0.1) is 0 Å². The van der Waals surface area contributed by atoms with Crippen molar-refractivity contribution in [3.8, 4) is 0 Å². The molecule has 1 rings (SSSR count). The highest BCUT2D eigenvalue weighted by molar-refractivity contribution is 5.81. The highest BCUT2D eigenvalue weighted by Crippen LogP contribution is 2.29. The van der Waals surface area contributed by atoms with Crippen LogP contribution in [0.1, 0.15) is 18.1 Å². The number of esters is 1. The van der Waals surface area contributed by atoms with Gasteiger partial charge in [0.2, 0.25) is 5.91 Å². The highest BCUT2D eigenvalue weighted by atomic mass is 19.4. The molecule has 0 fully saturated rings. The van der Waals surface area contributed by atoms with Crippen molar-refractivity contribution in [1.82, 2.24) is 5.32 Å². The number of halogens is 3. The summed E-state index contributed by atoms with van der Waals surface area (Å²) in [6, 6.07) is 3.57. The van der Waals surface area contributed by atoms with Crippen LogP contribution in [-0.4, -0.2) is 31.1 Å². The van der Waals surface area contributed by atoms with Crippen molar-refractivity contribution in [2.75, 3.05) is 13.2 Å². The second-order valence-electron chi connectivity index (χ2n) is 4.64. The Morgan fingerprint density at radius 1 is 1.27 bits per heavy atom. The van der Waals surface area contributed by atoms with E-state index in [0.29, 0.717) is 5.56 Å². The Hall–Kier alpha value is -2.09. The van der Waals surface area contributed by atoms with Gasteiger partial charge in [-0.15, -0.1) is 0 Å². The van der Waals surface area contributed by atoms with Crippen molar-refractivity contribution < 1.29 is 27.5 Å². The van der Waals surface area contributed by atoms with E-state index in [1.54, 1.807) is 0 Å². The minimum Gasteiger partial charge on any atom is -0.464 e. The summed E-state index contributed by atoms with van der Waals surface area (Å²) in [5.41, 5.74) is 5.44. The number of carbonyl (C=O) groups excluding carboxylic acids is 2. The minimum absolute atomic E-state index is 0.0358. The Morgan fingerprint density at radius 2 is 1.86 bits per heavy atom. The third kappa shape index (κ3) is 6.13. The maximum atomic E-state index is 12.4. The zero-order chi connectivity index (χ0) is 16.8. The van der Waals surface area contributed by atoms with Gasteiger partial charge >= 0.3 is 12.1 Å². The quantitative estimate of drug-likeness (QED) is 0.611. The lowest BCUT2D eigenvalue weighted by Gasteiger charge is -2.13. The summed E-state index contributed by atoms with van der Waals surface area (Å²) in [6.07, 6.45) is -4.29. The normalized spacial score (nSPS) is 12.6. The predicted octanol–water partition coefficient (Wildman–Crippen LogP) is 1.25. The molecule has 0 radical (unpaired) electrons. The van der Waals surface area contributed by atoms with Gasteiger partial charge in [-0.1, -0.05) is 12.1 Å². The molecule has 0 saturated heterocycles. The molecule has 3 N–H and O–H groups in total. The Labute approximate surface area is 125 Å². The van der Waals surface area contributed by atoms with Gasteiger partial charge in [0.25, 0.3) is 0 Å². The molecule has 1 unspecified atom stereocenters. The molecule has 0 bridgehead atoms. The third-order valence-electron chi connectivity index (χ3n) is 2.78. The Balaban J connectivity index is 2.45. The van der Waals surface area contributed by atoms with Crippen LogP contribution in [0.2, 0.25) is 0 Å². The monoisotopic (exact) mass is 318 g/mol. The van der Waals surface area contributed by atoms with Crippen LogP contribution in [0.5, 0.6) is 0 Å². The first-order valence-corrected chi connectivity index (χ1v) is 6.53. The summed E-state index contributed by atoms with van der Waals surface area (Å²) in [4.78, 5) is 22.2. The Bertz CT molecular complexity index is 515. The molecule has 22 heavy (non-hydrogen) atoms. The van der Waals surface area contributed by atoms with Crippen LogP contribution < -0.4 is 11.1 Å². The number of nitrogens with two attached hydrogens (primary N) is 1. The van der Waals surface area contributed by atoms with Crippen molar-refractivity contribution in [2.24, 2.45) is 5.73 Å². The van der Waals surface area contributed by atoms with Crippen LogP contribution in [0.4, 0.5) is 13.2 Å². The summed E-state index contributed by atoms with van der Waals surface area (Å²) in [5, 5.41) is 2.47. The van der Waals surface area contributed by atoms with Gasteiger partial charge in [0, 0.05) is 6.92 Å². The van der Waals surface area contributed by atoms with Crippen molar-refractivity contribution in [1.29, 1.82) is 0 Å². The van der Waals surface area contributed by atoms with Gasteiger partial charge in [0.15, 0.2) is 0 Å². The minimum atomic E-state index is -4.39. The largest absolute Gasteiger partial charge is 0.464 e. The number of amides is 1. The van der Waals surface area contributed by atoms with E-state index >= 15 is 0 Å². The molecule has 5 nitrogen and oxygen atoms in total. The molecule has 1 atom stereocenters. The average Bonchev–Trinajstić information content (AvgIpc) is 2.42. The van der Waals surface area contributed by atoms with Crippen molar-refractivity contribution in [3.05, 3.63) is 35.4 Å². The molecule has 0 aliphatic carbocycles. The van der Waals surface area contributed by atoms with Gasteiger partial charge in [0.05, 0.1) is 18.2 Å². The number of alkyl halides is 3. The van der Waals surface area contributed by atoms with Crippen LogP contribution in [0.3, 0.4) is 0 Å². The summed E-state index contributed by atoms with van der Waals surface area (Å²) >= 11 is 0. The zero-order valence-corrected chi connectivity index (χ0v) is 11.9. The molecule has 0 saturated carbocycles. The first-order valence-electron chi connectivity index (χ1n) is 6.53. The van der Waals surface area contributed by atoms with Gasteiger partial charge < -0.3 is 15.8 Å². The molecule has 0 aliphatic rings. The van der Waals surface area contributed by atoms with Gasteiger partial charge in [-0.2, -0.15) is 13.2 Å². The average molecular weight is 318 g/mol. The van der Waals surface area contributed by atoms with Crippen LogP contribution in [0.25, 0.3) is 0 Å². The summed E-state index contributed by atoms with van der Waals surface area (Å²) < 4.78 is 41.9. The lowest BCUT2D eigenvalue weighted by Crippen LogP contribution is -2.43. The molecule has 1 amide bonds. The SMILES string of the molecule is CC(=O)OCCNC(=O)C(N)Cc1ccc(C(F)(F)F)cc1.